The van der Waals surface area contributed by atoms with Gasteiger partial charge in [0, 0.05) is 35.8 Å². The lowest BCUT2D eigenvalue weighted by Gasteiger charge is -2.20. The summed E-state index contributed by atoms with van der Waals surface area (Å²) in [6, 6.07) is 13.3. The summed E-state index contributed by atoms with van der Waals surface area (Å²) < 4.78 is 15.9. The van der Waals surface area contributed by atoms with Crippen molar-refractivity contribution < 1.29 is 9.50 Å². The number of halogens is 1. The minimum Gasteiger partial charge on any atom is -0.507 e. The van der Waals surface area contributed by atoms with E-state index in [1.165, 1.54) is 18.3 Å². The number of hydrogen-bond acceptors (Lipinski definition) is 7. The van der Waals surface area contributed by atoms with Crippen LogP contribution in [0, 0.1) is 12.4 Å². The second-order valence-corrected chi connectivity index (χ2v) is 10.9. The van der Waals surface area contributed by atoms with Crippen LogP contribution in [-0.4, -0.2) is 41.9 Å². The van der Waals surface area contributed by atoms with Crippen LogP contribution in [0.3, 0.4) is 0 Å². The molecule has 0 saturated carbocycles. The van der Waals surface area contributed by atoms with Crippen molar-refractivity contribution in [3.8, 4) is 28.3 Å². The molecule has 6 rings (SSSR count). The van der Waals surface area contributed by atoms with Crippen molar-refractivity contribution >= 4 is 34.4 Å². The van der Waals surface area contributed by atoms with E-state index in [2.05, 4.69) is 33.6 Å². The lowest BCUT2D eigenvalue weighted by Crippen LogP contribution is -2.24. The summed E-state index contributed by atoms with van der Waals surface area (Å²) >= 11 is 1.69. The van der Waals surface area contributed by atoms with Gasteiger partial charge in [0.15, 0.2) is 28.0 Å². The summed E-state index contributed by atoms with van der Waals surface area (Å²) in [6.07, 6.45) is 3.80. The SMILES string of the molecule is [C-]#[N+]c1cncc(-c2nc(NCCc3ccc(O)c(-c4cccc(F)c4)c3)c3nc4n(c3n2)C(C)(C)CS4)c1. The Kier molecular flexibility index (Phi) is 6.16. The Morgan fingerprint density at radius 3 is 2.79 bits per heavy atom. The smallest absolute Gasteiger partial charge is 0.205 e. The number of hydrogen-bond donors (Lipinski definition) is 2. The molecule has 0 bridgehead atoms. The van der Waals surface area contributed by atoms with Crippen molar-refractivity contribution in [1.29, 1.82) is 0 Å². The molecule has 1 aliphatic heterocycles. The summed E-state index contributed by atoms with van der Waals surface area (Å²) in [6.45, 7) is 12.2. The molecule has 8 nitrogen and oxygen atoms in total. The molecule has 3 aromatic heterocycles. The second-order valence-electron chi connectivity index (χ2n) is 9.98. The zero-order valence-corrected chi connectivity index (χ0v) is 22.1. The van der Waals surface area contributed by atoms with Crippen molar-refractivity contribution in [2.45, 2.75) is 31.0 Å². The number of aromatic nitrogens is 5. The van der Waals surface area contributed by atoms with Crippen LogP contribution in [0.4, 0.5) is 15.9 Å². The Morgan fingerprint density at radius 1 is 1.10 bits per heavy atom. The number of benzene rings is 2. The molecule has 1 aliphatic rings. The fraction of sp³-hybridized carbons (Fsp3) is 0.207. The average molecular weight is 538 g/mol. The van der Waals surface area contributed by atoms with Crippen molar-refractivity contribution in [2.24, 2.45) is 0 Å². The Balaban J connectivity index is 1.34. The Hall–Kier alpha value is -4.49. The largest absolute Gasteiger partial charge is 0.507 e. The third kappa shape index (κ3) is 4.66. The lowest BCUT2D eigenvalue weighted by molar-refractivity contribution is 0.404. The first-order valence-electron chi connectivity index (χ1n) is 12.4. The molecule has 4 heterocycles. The van der Waals surface area contributed by atoms with Gasteiger partial charge in [-0.3, -0.25) is 9.55 Å². The predicted molar refractivity (Wildman–Crippen MR) is 151 cm³/mol. The third-order valence-electron chi connectivity index (χ3n) is 6.65. The molecule has 194 valence electrons. The topological polar surface area (TPSA) is 93.1 Å². The molecule has 0 atom stereocenters. The summed E-state index contributed by atoms with van der Waals surface area (Å²) in [7, 11) is 0. The molecular weight excluding hydrogens is 513 g/mol. The van der Waals surface area contributed by atoms with Gasteiger partial charge >= 0.3 is 0 Å². The minimum absolute atomic E-state index is 0.0994. The molecule has 0 radical (unpaired) electrons. The lowest BCUT2D eigenvalue weighted by atomic mass is 10.0. The molecule has 10 heteroatoms. The van der Waals surface area contributed by atoms with Gasteiger partial charge in [-0.1, -0.05) is 30.0 Å². The van der Waals surface area contributed by atoms with Crippen LogP contribution < -0.4 is 5.32 Å². The molecule has 2 N–H and O–H groups in total. The summed E-state index contributed by atoms with van der Waals surface area (Å²) in [5.41, 5.74) is 4.51. The van der Waals surface area contributed by atoms with Crippen molar-refractivity contribution in [1.82, 2.24) is 24.5 Å². The number of phenolic OH excluding ortho intramolecular Hbond substituents is 1. The Labute approximate surface area is 228 Å². The number of thioether (sulfide) groups is 1. The molecule has 39 heavy (non-hydrogen) atoms. The molecule has 0 unspecified atom stereocenters. The molecule has 2 aromatic carbocycles. The average Bonchev–Trinajstić information content (AvgIpc) is 3.46. The Bertz CT molecular complexity index is 1780. The number of rotatable bonds is 6. The fourth-order valence-corrected chi connectivity index (χ4v) is 5.93. The van der Waals surface area contributed by atoms with Crippen LogP contribution in [0.5, 0.6) is 5.75 Å². The first-order chi connectivity index (χ1) is 18.8. The van der Waals surface area contributed by atoms with Crippen LogP contribution in [0.1, 0.15) is 19.4 Å². The van der Waals surface area contributed by atoms with Gasteiger partial charge in [0.25, 0.3) is 0 Å². The van der Waals surface area contributed by atoms with Crippen molar-refractivity contribution in [3.63, 3.8) is 0 Å². The number of imidazole rings is 1. The van der Waals surface area contributed by atoms with E-state index in [0.29, 0.717) is 52.5 Å². The van der Waals surface area contributed by atoms with Gasteiger partial charge in [-0.15, -0.1) is 0 Å². The minimum atomic E-state index is -0.354. The van der Waals surface area contributed by atoms with E-state index in [1.54, 1.807) is 42.2 Å². The summed E-state index contributed by atoms with van der Waals surface area (Å²) in [4.78, 5) is 22.2. The van der Waals surface area contributed by atoms with Crippen LogP contribution in [0.15, 0.2) is 66.1 Å². The number of aromatic hydroxyl groups is 1. The standard InChI is InChI=1S/C29H24FN7OS/c1-29(2)16-39-28-34-24-26(35-25(36-27(24)37(28)29)19-13-21(31-3)15-32-14-19)33-10-9-17-7-8-23(38)22(11-17)18-5-4-6-20(30)12-18/h4-8,11-15,38H,9-10,16H2,1-2H3,(H,33,35,36). The molecule has 0 spiro atoms. The molecule has 0 amide bonds. The number of anilines is 1. The molecule has 5 aromatic rings. The van der Waals surface area contributed by atoms with Gasteiger partial charge in [0.05, 0.1) is 12.1 Å². The van der Waals surface area contributed by atoms with E-state index in [9.17, 15) is 9.50 Å². The quantitative estimate of drug-likeness (QED) is 0.241. The van der Waals surface area contributed by atoms with E-state index < -0.39 is 0 Å². The second kappa shape index (κ2) is 9.67. The zero-order chi connectivity index (χ0) is 27.1. The van der Waals surface area contributed by atoms with E-state index in [4.69, 9.17) is 21.5 Å². The maximum absolute atomic E-state index is 13.8. The van der Waals surface area contributed by atoms with Gasteiger partial charge < -0.3 is 10.4 Å². The van der Waals surface area contributed by atoms with Crippen molar-refractivity contribution in [3.05, 3.63) is 83.7 Å². The molecule has 0 saturated heterocycles. The number of pyridine rings is 1. The highest BCUT2D eigenvalue weighted by Gasteiger charge is 2.35. The number of nitrogens with one attached hydrogen (secondary N) is 1. The highest BCUT2D eigenvalue weighted by Crippen LogP contribution is 2.41. The Morgan fingerprint density at radius 2 is 1.97 bits per heavy atom. The third-order valence-corrected chi connectivity index (χ3v) is 8.03. The highest BCUT2D eigenvalue weighted by molar-refractivity contribution is 7.99. The van der Waals surface area contributed by atoms with Gasteiger partial charge in [-0.05, 0) is 61.7 Å². The maximum Gasteiger partial charge on any atom is 0.205 e. The van der Waals surface area contributed by atoms with Crippen LogP contribution in [0.25, 0.3) is 38.5 Å². The molecule has 0 fully saturated rings. The monoisotopic (exact) mass is 537 g/mol. The van der Waals surface area contributed by atoms with E-state index in [-0.39, 0.29) is 17.1 Å². The first-order valence-corrected chi connectivity index (χ1v) is 13.4. The first kappa shape index (κ1) is 24.8. The van der Waals surface area contributed by atoms with Crippen LogP contribution in [0.2, 0.25) is 0 Å². The van der Waals surface area contributed by atoms with Gasteiger partial charge in [0.1, 0.15) is 11.6 Å². The summed E-state index contributed by atoms with van der Waals surface area (Å²) in [5.74, 6) is 1.72. The van der Waals surface area contributed by atoms with E-state index in [0.717, 1.165) is 22.1 Å². The molecular formula is C29H24FN7OS. The predicted octanol–water partition coefficient (Wildman–Crippen LogP) is 6.45. The molecule has 0 aliphatic carbocycles. The van der Waals surface area contributed by atoms with Gasteiger partial charge in [-0.2, -0.15) is 0 Å². The van der Waals surface area contributed by atoms with E-state index in [1.807, 2.05) is 12.1 Å². The van der Waals surface area contributed by atoms with Crippen LogP contribution >= 0.6 is 11.8 Å². The fourth-order valence-electron chi connectivity index (χ4n) is 4.70. The van der Waals surface area contributed by atoms with Crippen LogP contribution in [-0.2, 0) is 12.0 Å². The van der Waals surface area contributed by atoms with E-state index >= 15 is 0 Å². The number of fused-ring (bicyclic) bond motifs is 3. The zero-order valence-electron chi connectivity index (χ0n) is 21.3. The number of nitrogens with zero attached hydrogens (tertiary/aromatic N) is 6. The van der Waals surface area contributed by atoms with Crippen molar-refractivity contribution in [2.75, 3.05) is 17.6 Å². The normalized spacial score (nSPS) is 13.8. The van der Waals surface area contributed by atoms with Gasteiger partial charge in [-0.25, -0.2) is 24.2 Å². The van der Waals surface area contributed by atoms with Gasteiger partial charge in [0.2, 0.25) is 5.69 Å². The highest BCUT2D eigenvalue weighted by atomic mass is 32.2. The summed E-state index contributed by atoms with van der Waals surface area (Å²) in [5, 5.41) is 14.7. The number of phenols is 1. The maximum atomic E-state index is 13.8.